The summed E-state index contributed by atoms with van der Waals surface area (Å²) in [6.07, 6.45) is 1.95. The van der Waals surface area contributed by atoms with Crippen molar-refractivity contribution in [1.29, 1.82) is 0 Å². The van der Waals surface area contributed by atoms with Gasteiger partial charge in [0.2, 0.25) is 0 Å². The lowest BCUT2D eigenvalue weighted by Gasteiger charge is -2.07. The average Bonchev–Trinajstić information content (AvgIpc) is 2.39. The number of thioether (sulfide) groups is 1. The third kappa shape index (κ3) is 2.31. The molecule has 0 aliphatic heterocycles. The third-order valence-electron chi connectivity index (χ3n) is 2.59. The van der Waals surface area contributed by atoms with Gasteiger partial charge in [0, 0.05) is 11.0 Å². The lowest BCUT2D eigenvalue weighted by Crippen LogP contribution is -1.90. The molecule has 0 heterocycles. The van der Waals surface area contributed by atoms with Gasteiger partial charge in [0.1, 0.15) is 0 Å². The van der Waals surface area contributed by atoms with Gasteiger partial charge < -0.3 is 5.11 Å². The molecular weight excluding hydrogens is 250 g/mol. The quantitative estimate of drug-likeness (QED) is 0.520. The number of nitro benzene ring substituents is 1. The minimum absolute atomic E-state index is 0.275. The van der Waals surface area contributed by atoms with Gasteiger partial charge in [-0.15, -0.1) is 11.8 Å². The fourth-order valence-corrected chi connectivity index (χ4v) is 2.34. The molecule has 2 aromatic carbocycles. The summed E-state index contributed by atoms with van der Waals surface area (Å²) >= 11 is 1.58. The van der Waals surface area contributed by atoms with E-state index in [9.17, 15) is 15.2 Å². The van der Waals surface area contributed by atoms with Gasteiger partial charge >= 0.3 is 5.69 Å². The van der Waals surface area contributed by atoms with Crippen LogP contribution in [0.4, 0.5) is 5.69 Å². The number of nitro groups is 1. The maximum absolute atomic E-state index is 10.8. The first-order valence-corrected chi connectivity index (χ1v) is 6.46. The normalized spacial score (nSPS) is 10.3. The van der Waals surface area contributed by atoms with Crippen LogP contribution in [0.3, 0.4) is 0 Å². The molecule has 0 aliphatic carbocycles. The number of benzene rings is 2. The fraction of sp³-hybridized carbons (Fsp3) is 0.0769. The van der Waals surface area contributed by atoms with Gasteiger partial charge in [0.15, 0.2) is 5.75 Å². The minimum Gasteiger partial charge on any atom is -0.502 e. The molecule has 0 atom stereocenters. The van der Waals surface area contributed by atoms with E-state index in [2.05, 4.69) is 0 Å². The second-order valence-corrected chi connectivity index (χ2v) is 4.51. The standard InChI is InChI=1S/C13H11NO3S/c1-18-13-5-3-2-4-10(13)9-6-7-12(15)11(8-9)14(16)17/h2-8,15H,1H3. The summed E-state index contributed by atoms with van der Waals surface area (Å²) in [5, 5.41) is 20.2. The first-order chi connectivity index (χ1) is 8.63. The zero-order valence-corrected chi connectivity index (χ0v) is 10.5. The number of phenols is 1. The molecule has 92 valence electrons. The molecule has 0 saturated carbocycles. The Labute approximate surface area is 108 Å². The molecule has 0 bridgehead atoms. The SMILES string of the molecule is CSc1ccccc1-c1ccc(O)c([N+](=O)[O-])c1. The highest BCUT2D eigenvalue weighted by Crippen LogP contribution is 2.35. The van der Waals surface area contributed by atoms with Crippen LogP contribution >= 0.6 is 11.8 Å². The third-order valence-corrected chi connectivity index (χ3v) is 3.39. The molecule has 2 aromatic rings. The molecule has 4 nitrogen and oxygen atoms in total. The summed E-state index contributed by atoms with van der Waals surface area (Å²) in [6.45, 7) is 0. The molecule has 0 aliphatic rings. The van der Waals surface area contributed by atoms with Crippen LogP contribution in [0.5, 0.6) is 5.75 Å². The van der Waals surface area contributed by atoms with Gasteiger partial charge in [0.25, 0.3) is 0 Å². The Morgan fingerprint density at radius 3 is 2.61 bits per heavy atom. The van der Waals surface area contributed by atoms with Gasteiger partial charge in [-0.05, 0) is 29.5 Å². The smallest absolute Gasteiger partial charge is 0.311 e. The van der Waals surface area contributed by atoms with Crippen molar-refractivity contribution in [2.24, 2.45) is 0 Å². The van der Waals surface area contributed by atoms with E-state index in [1.54, 1.807) is 17.8 Å². The predicted octanol–water partition coefficient (Wildman–Crippen LogP) is 3.69. The highest BCUT2D eigenvalue weighted by molar-refractivity contribution is 7.98. The van der Waals surface area contributed by atoms with E-state index >= 15 is 0 Å². The largest absolute Gasteiger partial charge is 0.502 e. The Morgan fingerprint density at radius 1 is 1.22 bits per heavy atom. The Balaban J connectivity index is 2.58. The molecule has 0 fully saturated rings. The van der Waals surface area contributed by atoms with Crippen LogP contribution in [0.15, 0.2) is 47.4 Å². The second-order valence-electron chi connectivity index (χ2n) is 3.66. The van der Waals surface area contributed by atoms with Gasteiger partial charge in [-0.3, -0.25) is 10.1 Å². The zero-order valence-electron chi connectivity index (χ0n) is 9.66. The number of aromatic hydroxyl groups is 1. The number of hydrogen-bond acceptors (Lipinski definition) is 4. The van der Waals surface area contributed by atoms with Crippen molar-refractivity contribution in [2.45, 2.75) is 4.90 Å². The van der Waals surface area contributed by atoms with Crippen molar-refractivity contribution in [1.82, 2.24) is 0 Å². The van der Waals surface area contributed by atoms with Crippen molar-refractivity contribution in [3.8, 4) is 16.9 Å². The van der Waals surface area contributed by atoms with Crippen molar-refractivity contribution in [2.75, 3.05) is 6.26 Å². The van der Waals surface area contributed by atoms with E-state index in [1.807, 2.05) is 30.5 Å². The minimum atomic E-state index is -0.583. The highest BCUT2D eigenvalue weighted by atomic mass is 32.2. The first kappa shape index (κ1) is 12.4. The maximum atomic E-state index is 10.8. The van der Waals surface area contributed by atoms with Gasteiger partial charge in [0.05, 0.1) is 4.92 Å². The molecule has 0 amide bonds. The molecule has 0 radical (unpaired) electrons. The molecule has 0 aromatic heterocycles. The lowest BCUT2D eigenvalue weighted by atomic mass is 10.0. The van der Waals surface area contributed by atoms with Crippen LogP contribution in [0.1, 0.15) is 0 Å². The monoisotopic (exact) mass is 261 g/mol. The summed E-state index contributed by atoms with van der Waals surface area (Å²) in [5.41, 5.74) is 1.38. The Morgan fingerprint density at radius 2 is 1.94 bits per heavy atom. The fourth-order valence-electron chi connectivity index (χ4n) is 1.72. The van der Waals surface area contributed by atoms with Crippen LogP contribution in [0.2, 0.25) is 0 Å². The Bertz CT molecular complexity index is 599. The molecule has 1 N–H and O–H groups in total. The number of nitrogens with zero attached hydrogens (tertiary/aromatic N) is 1. The predicted molar refractivity (Wildman–Crippen MR) is 72.0 cm³/mol. The summed E-state index contributed by atoms with van der Waals surface area (Å²) < 4.78 is 0. The first-order valence-electron chi connectivity index (χ1n) is 5.24. The van der Waals surface area contributed by atoms with Crippen LogP contribution in [-0.2, 0) is 0 Å². The van der Waals surface area contributed by atoms with E-state index in [1.165, 1.54) is 12.1 Å². The van der Waals surface area contributed by atoms with Crippen molar-refractivity contribution in [3.63, 3.8) is 0 Å². The molecule has 18 heavy (non-hydrogen) atoms. The lowest BCUT2D eigenvalue weighted by molar-refractivity contribution is -0.385. The zero-order chi connectivity index (χ0) is 13.1. The van der Waals surface area contributed by atoms with Crippen LogP contribution < -0.4 is 0 Å². The number of rotatable bonds is 3. The molecule has 0 saturated heterocycles. The van der Waals surface area contributed by atoms with E-state index in [4.69, 9.17) is 0 Å². The van der Waals surface area contributed by atoms with Crippen molar-refractivity contribution < 1.29 is 10.0 Å². The molecule has 2 rings (SSSR count). The molecule has 0 unspecified atom stereocenters. The van der Waals surface area contributed by atoms with E-state index in [0.717, 1.165) is 16.0 Å². The average molecular weight is 261 g/mol. The molecule has 0 spiro atoms. The van der Waals surface area contributed by atoms with Crippen molar-refractivity contribution in [3.05, 3.63) is 52.6 Å². The van der Waals surface area contributed by atoms with Gasteiger partial charge in [-0.2, -0.15) is 0 Å². The van der Waals surface area contributed by atoms with E-state index in [-0.39, 0.29) is 11.4 Å². The van der Waals surface area contributed by atoms with Crippen LogP contribution in [0.25, 0.3) is 11.1 Å². The Kier molecular flexibility index (Phi) is 3.53. The Hall–Kier alpha value is -2.01. The van der Waals surface area contributed by atoms with E-state index < -0.39 is 4.92 Å². The topological polar surface area (TPSA) is 63.4 Å². The van der Waals surface area contributed by atoms with E-state index in [0.29, 0.717) is 0 Å². The number of hydrogen-bond donors (Lipinski definition) is 1. The summed E-state index contributed by atoms with van der Waals surface area (Å²) in [7, 11) is 0. The second kappa shape index (κ2) is 5.10. The van der Waals surface area contributed by atoms with Crippen LogP contribution in [-0.4, -0.2) is 16.3 Å². The van der Waals surface area contributed by atoms with Gasteiger partial charge in [-0.1, -0.05) is 24.3 Å². The number of phenolic OH excluding ortho intramolecular Hbond substituents is 1. The van der Waals surface area contributed by atoms with Gasteiger partial charge in [-0.25, -0.2) is 0 Å². The molecular formula is C13H11NO3S. The van der Waals surface area contributed by atoms with Crippen molar-refractivity contribution >= 4 is 17.4 Å². The van der Waals surface area contributed by atoms with Crippen LogP contribution in [0, 0.1) is 10.1 Å². The molecule has 5 heteroatoms. The summed E-state index contributed by atoms with van der Waals surface area (Å²) in [4.78, 5) is 11.3. The summed E-state index contributed by atoms with van der Waals surface area (Å²) in [5.74, 6) is -0.314. The highest BCUT2D eigenvalue weighted by Gasteiger charge is 2.15. The maximum Gasteiger partial charge on any atom is 0.311 e. The summed E-state index contributed by atoms with van der Waals surface area (Å²) in [6, 6.07) is 12.1.